The van der Waals surface area contributed by atoms with Gasteiger partial charge in [0.2, 0.25) is 0 Å². The molecule has 7 heteroatoms. The Labute approximate surface area is 162 Å². The third-order valence-electron chi connectivity index (χ3n) is 4.73. The molecule has 0 saturated carbocycles. The predicted molar refractivity (Wildman–Crippen MR) is 111 cm³/mol. The molecule has 1 aliphatic rings. The lowest BCUT2D eigenvalue weighted by Crippen LogP contribution is -2.44. The van der Waals surface area contributed by atoms with E-state index in [-0.39, 0.29) is 0 Å². The van der Waals surface area contributed by atoms with Crippen LogP contribution in [0.5, 0.6) is 0 Å². The maximum atomic E-state index is 4.73. The van der Waals surface area contributed by atoms with Crippen LogP contribution in [0.15, 0.2) is 47.8 Å². The monoisotopic (exact) mass is 369 g/mol. The number of nitrogens with zero attached hydrogens (tertiary/aromatic N) is 5. The summed E-state index contributed by atoms with van der Waals surface area (Å²) in [6.07, 6.45) is 6.04. The van der Waals surface area contributed by atoms with Crippen LogP contribution >= 0.6 is 0 Å². The minimum Gasteiger partial charge on any atom is -0.357 e. The van der Waals surface area contributed by atoms with E-state index in [0.717, 1.165) is 57.6 Å². The molecule has 1 saturated heterocycles. The number of aliphatic imine (C=N–C) groups is 1. The Morgan fingerprint density at radius 3 is 2.67 bits per heavy atom. The van der Waals surface area contributed by atoms with Crippen molar-refractivity contribution in [2.24, 2.45) is 4.99 Å². The number of aromatic nitrogens is 2. The number of nitrogens with one attached hydrogen (secondary N) is 2. The Balaban J connectivity index is 1.55. The van der Waals surface area contributed by atoms with E-state index in [2.05, 4.69) is 62.4 Å². The number of pyridine rings is 1. The van der Waals surface area contributed by atoms with Crippen LogP contribution < -0.4 is 15.5 Å². The van der Waals surface area contributed by atoms with E-state index in [0.29, 0.717) is 6.54 Å². The number of piperazine rings is 1. The van der Waals surface area contributed by atoms with Crippen molar-refractivity contribution >= 4 is 11.8 Å². The summed E-state index contributed by atoms with van der Waals surface area (Å²) < 4.78 is 2.15. The van der Waals surface area contributed by atoms with E-state index in [1.54, 1.807) is 0 Å². The molecule has 2 aromatic heterocycles. The second kappa shape index (κ2) is 9.97. The molecule has 0 amide bonds. The molecule has 0 aromatic carbocycles. The standard InChI is InChI=1S/C20H31N7/c1-3-21-20(23-8-11-26-9-4-5-10-26)24-17-18-6-7-22-19(16-18)27-14-12-25(2)13-15-27/h4-7,9-10,16H,3,8,11-15,17H2,1-2H3,(H2,21,23,24). The Hall–Kier alpha value is -2.54. The lowest BCUT2D eigenvalue weighted by atomic mass is 10.2. The highest BCUT2D eigenvalue weighted by Crippen LogP contribution is 2.15. The van der Waals surface area contributed by atoms with Gasteiger partial charge in [0.15, 0.2) is 5.96 Å². The van der Waals surface area contributed by atoms with Crippen molar-refractivity contribution in [1.82, 2.24) is 25.1 Å². The molecule has 0 atom stereocenters. The fourth-order valence-electron chi connectivity index (χ4n) is 3.10. The zero-order valence-corrected chi connectivity index (χ0v) is 16.4. The molecule has 146 valence electrons. The van der Waals surface area contributed by atoms with Crippen LogP contribution in [0.2, 0.25) is 0 Å². The van der Waals surface area contributed by atoms with Crippen molar-refractivity contribution in [2.75, 3.05) is 51.2 Å². The highest BCUT2D eigenvalue weighted by Gasteiger charge is 2.15. The summed E-state index contributed by atoms with van der Waals surface area (Å²) >= 11 is 0. The molecule has 0 spiro atoms. The van der Waals surface area contributed by atoms with Crippen molar-refractivity contribution in [3.8, 4) is 0 Å². The summed E-state index contributed by atoms with van der Waals surface area (Å²) in [5, 5.41) is 6.71. The lowest BCUT2D eigenvalue weighted by molar-refractivity contribution is 0.312. The van der Waals surface area contributed by atoms with Gasteiger partial charge in [-0.1, -0.05) is 0 Å². The van der Waals surface area contributed by atoms with E-state index in [1.165, 1.54) is 5.56 Å². The summed E-state index contributed by atoms with van der Waals surface area (Å²) in [6.45, 7) is 9.55. The van der Waals surface area contributed by atoms with Crippen molar-refractivity contribution in [3.63, 3.8) is 0 Å². The minimum absolute atomic E-state index is 0.641. The Morgan fingerprint density at radius 2 is 1.93 bits per heavy atom. The first-order valence-electron chi connectivity index (χ1n) is 9.76. The first kappa shape index (κ1) is 19.2. The molecule has 3 heterocycles. The van der Waals surface area contributed by atoms with Crippen LogP contribution in [0.4, 0.5) is 5.82 Å². The van der Waals surface area contributed by atoms with Crippen molar-refractivity contribution < 1.29 is 0 Å². The smallest absolute Gasteiger partial charge is 0.191 e. The second-order valence-electron chi connectivity index (χ2n) is 6.86. The van der Waals surface area contributed by atoms with Crippen LogP contribution in [0, 0.1) is 0 Å². The number of hydrogen-bond acceptors (Lipinski definition) is 4. The Morgan fingerprint density at radius 1 is 1.15 bits per heavy atom. The molecule has 7 nitrogen and oxygen atoms in total. The van der Waals surface area contributed by atoms with Crippen molar-refractivity contribution in [1.29, 1.82) is 0 Å². The molecular formula is C20H31N7. The maximum absolute atomic E-state index is 4.73. The van der Waals surface area contributed by atoms with E-state index in [4.69, 9.17) is 4.99 Å². The van der Waals surface area contributed by atoms with Crippen LogP contribution in [0.25, 0.3) is 0 Å². The van der Waals surface area contributed by atoms with Crippen LogP contribution in [0.3, 0.4) is 0 Å². The van der Waals surface area contributed by atoms with Gasteiger partial charge < -0.3 is 25.0 Å². The van der Waals surface area contributed by atoms with Gasteiger partial charge in [-0.2, -0.15) is 0 Å². The molecule has 0 radical (unpaired) electrons. The number of hydrogen-bond donors (Lipinski definition) is 2. The van der Waals surface area contributed by atoms with Crippen molar-refractivity contribution in [3.05, 3.63) is 48.4 Å². The number of likely N-dealkylation sites (N-methyl/N-ethyl adjacent to an activating group) is 1. The van der Waals surface area contributed by atoms with E-state index in [1.807, 2.05) is 24.4 Å². The molecule has 2 aromatic rings. The van der Waals surface area contributed by atoms with Gasteiger partial charge in [-0.3, -0.25) is 0 Å². The van der Waals surface area contributed by atoms with Crippen LogP contribution in [-0.4, -0.2) is 66.7 Å². The van der Waals surface area contributed by atoms with Gasteiger partial charge in [-0.25, -0.2) is 9.98 Å². The van der Waals surface area contributed by atoms with Gasteiger partial charge >= 0.3 is 0 Å². The number of rotatable bonds is 7. The molecule has 3 rings (SSSR count). The lowest BCUT2D eigenvalue weighted by Gasteiger charge is -2.33. The van der Waals surface area contributed by atoms with Crippen LogP contribution in [-0.2, 0) is 13.1 Å². The van der Waals surface area contributed by atoms with Gasteiger partial charge in [0.05, 0.1) is 6.54 Å². The summed E-state index contributed by atoms with van der Waals surface area (Å²) in [5.74, 6) is 1.91. The van der Waals surface area contributed by atoms with E-state index < -0.39 is 0 Å². The maximum Gasteiger partial charge on any atom is 0.191 e. The average Bonchev–Trinajstić information content (AvgIpc) is 3.20. The zero-order valence-electron chi connectivity index (χ0n) is 16.4. The summed E-state index contributed by atoms with van der Waals surface area (Å²) in [6, 6.07) is 8.30. The predicted octanol–water partition coefficient (Wildman–Crippen LogP) is 1.39. The largest absolute Gasteiger partial charge is 0.357 e. The fraction of sp³-hybridized carbons (Fsp3) is 0.500. The molecule has 1 fully saturated rings. The Bertz CT molecular complexity index is 703. The van der Waals surface area contributed by atoms with Gasteiger partial charge in [0.1, 0.15) is 5.82 Å². The molecule has 0 unspecified atom stereocenters. The molecule has 0 bridgehead atoms. The quantitative estimate of drug-likeness (QED) is 0.571. The second-order valence-corrected chi connectivity index (χ2v) is 6.86. The number of anilines is 1. The third kappa shape index (κ3) is 5.99. The SMILES string of the molecule is CCNC(=NCc1ccnc(N2CCN(C)CC2)c1)NCCn1cccc1. The minimum atomic E-state index is 0.641. The summed E-state index contributed by atoms with van der Waals surface area (Å²) in [4.78, 5) is 14.0. The zero-order chi connectivity index (χ0) is 18.9. The fourth-order valence-corrected chi connectivity index (χ4v) is 3.10. The topological polar surface area (TPSA) is 60.7 Å². The first-order chi connectivity index (χ1) is 13.2. The van der Waals surface area contributed by atoms with Gasteiger partial charge in [0, 0.05) is 64.4 Å². The summed E-state index contributed by atoms with van der Waals surface area (Å²) in [7, 11) is 2.17. The first-order valence-corrected chi connectivity index (χ1v) is 9.76. The molecule has 0 aliphatic carbocycles. The van der Waals surface area contributed by atoms with E-state index in [9.17, 15) is 0 Å². The molecule has 27 heavy (non-hydrogen) atoms. The summed E-state index contributed by atoms with van der Waals surface area (Å²) in [5.41, 5.74) is 1.18. The van der Waals surface area contributed by atoms with Gasteiger partial charge in [-0.05, 0) is 43.8 Å². The van der Waals surface area contributed by atoms with Gasteiger partial charge in [0.25, 0.3) is 0 Å². The molecule has 2 N–H and O–H groups in total. The Kier molecular flexibility index (Phi) is 7.10. The van der Waals surface area contributed by atoms with Crippen LogP contribution in [0.1, 0.15) is 12.5 Å². The average molecular weight is 370 g/mol. The highest BCUT2D eigenvalue weighted by atomic mass is 15.3. The molecular weight excluding hydrogens is 338 g/mol. The van der Waals surface area contributed by atoms with E-state index >= 15 is 0 Å². The van der Waals surface area contributed by atoms with Crippen molar-refractivity contribution in [2.45, 2.75) is 20.0 Å². The third-order valence-corrected chi connectivity index (χ3v) is 4.73. The molecule has 1 aliphatic heterocycles. The highest BCUT2D eigenvalue weighted by molar-refractivity contribution is 5.79. The normalized spacial score (nSPS) is 15.8. The van der Waals surface area contributed by atoms with Gasteiger partial charge in [-0.15, -0.1) is 0 Å². The number of guanidine groups is 1.